The molecule has 0 spiro atoms. The molecule has 112 valence electrons. The lowest BCUT2D eigenvalue weighted by atomic mass is 9.97. The molecule has 0 aromatic heterocycles. The van der Waals surface area contributed by atoms with Gasteiger partial charge in [0.25, 0.3) is 11.8 Å². The van der Waals surface area contributed by atoms with Gasteiger partial charge in [0.2, 0.25) is 0 Å². The van der Waals surface area contributed by atoms with Gasteiger partial charge in [-0.15, -0.1) is 12.4 Å². The van der Waals surface area contributed by atoms with Crippen molar-refractivity contribution in [2.24, 2.45) is 5.92 Å². The second-order valence-electron chi connectivity index (χ2n) is 5.37. The highest BCUT2D eigenvalue weighted by Gasteiger charge is 2.33. The van der Waals surface area contributed by atoms with E-state index in [9.17, 15) is 9.59 Å². The average molecular weight is 307 g/mol. The van der Waals surface area contributed by atoms with Crippen molar-refractivity contribution in [1.82, 2.24) is 10.2 Å². The minimum atomic E-state index is -0.174. The van der Waals surface area contributed by atoms with Crippen LogP contribution in [0.2, 0.25) is 0 Å². The smallest absolute Gasteiger partial charge is 0.261 e. The highest BCUT2D eigenvalue weighted by atomic mass is 35.5. The van der Waals surface area contributed by atoms with E-state index >= 15 is 0 Å². The van der Waals surface area contributed by atoms with Crippen molar-refractivity contribution < 1.29 is 9.59 Å². The SMILES string of the molecule is Cl.O=C1C=C(c2ccccc2)C(=O)N1CC1CCNCC1. The summed E-state index contributed by atoms with van der Waals surface area (Å²) in [6.07, 6.45) is 3.52. The first-order valence-corrected chi connectivity index (χ1v) is 7.09. The molecule has 2 amide bonds. The van der Waals surface area contributed by atoms with Crippen LogP contribution in [0.25, 0.3) is 5.57 Å². The number of rotatable bonds is 3. The number of amides is 2. The number of carbonyl (C=O) groups excluding carboxylic acids is 2. The Labute approximate surface area is 130 Å². The van der Waals surface area contributed by atoms with Gasteiger partial charge in [0, 0.05) is 12.6 Å². The van der Waals surface area contributed by atoms with Crippen LogP contribution < -0.4 is 5.32 Å². The van der Waals surface area contributed by atoms with E-state index in [0.717, 1.165) is 31.5 Å². The van der Waals surface area contributed by atoms with Gasteiger partial charge in [-0.2, -0.15) is 0 Å². The summed E-state index contributed by atoms with van der Waals surface area (Å²) >= 11 is 0. The summed E-state index contributed by atoms with van der Waals surface area (Å²) in [6.45, 7) is 2.49. The Hall–Kier alpha value is -1.65. The zero-order valence-electron chi connectivity index (χ0n) is 11.7. The molecule has 0 aliphatic carbocycles. The average Bonchev–Trinajstić information content (AvgIpc) is 2.77. The Morgan fingerprint density at radius 2 is 1.76 bits per heavy atom. The molecular weight excluding hydrogens is 288 g/mol. The molecule has 1 N–H and O–H groups in total. The summed E-state index contributed by atoms with van der Waals surface area (Å²) in [4.78, 5) is 25.9. The maximum atomic E-state index is 12.4. The lowest BCUT2D eigenvalue weighted by Gasteiger charge is -2.26. The maximum absolute atomic E-state index is 12.4. The second kappa shape index (κ2) is 6.87. The van der Waals surface area contributed by atoms with Crippen LogP contribution in [0.15, 0.2) is 36.4 Å². The summed E-state index contributed by atoms with van der Waals surface area (Å²) in [5.41, 5.74) is 1.34. The first-order chi connectivity index (χ1) is 9.75. The van der Waals surface area contributed by atoms with Gasteiger partial charge >= 0.3 is 0 Å². The molecule has 0 saturated carbocycles. The molecule has 0 radical (unpaired) electrons. The van der Waals surface area contributed by atoms with E-state index in [1.807, 2.05) is 30.3 Å². The molecule has 1 saturated heterocycles. The van der Waals surface area contributed by atoms with E-state index in [-0.39, 0.29) is 24.2 Å². The number of halogens is 1. The molecule has 1 aromatic rings. The number of nitrogens with zero attached hydrogens (tertiary/aromatic N) is 1. The third-order valence-corrected chi connectivity index (χ3v) is 3.99. The van der Waals surface area contributed by atoms with Crippen LogP contribution in [0.4, 0.5) is 0 Å². The van der Waals surface area contributed by atoms with Gasteiger partial charge < -0.3 is 5.32 Å². The fraction of sp³-hybridized carbons (Fsp3) is 0.375. The van der Waals surface area contributed by atoms with Gasteiger partial charge in [-0.1, -0.05) is 30.3 Å². The van der Waals surface area contributed by atoms with E-state index < -0.39 is 0 Å². The van der Waals surface area contributed by atoms with E-state index in [2.05, 4.69) is 5.32 Å². The van der Waals surface area contributed by atoms with Crippen molar-refractivity contribution in [3.8, 4) is 0 Å². The molecule has 1 aromatic carbocycles. The number of hydrogen-bond donors (Lipinski definition) is 1. The summed E-state index contributed by atoms with van der Waals surface area (Å²) in [6, 6.07) is 9.39. The number of nitrogens with one attached hydrogen (secondary N) is 1. The quantitative estimate of drug-likeness (QED) is 0.867. The van der Waals surface area contributed by atoms with Gasteiger partial charge in [0.15, 0.2) is 0 Å². The molecule has 1 fully saturated rings. The maximum Gasteiger partial charge on any atom is 0.261 e. The highest BCUT2D eigenvalue weighted by molar-refractivity contribution is 6.33. The van der Waals surface area contributed by atoms with Crippen molar-refractivity contribution in [2.45, 2.75) is 12.8 Å². The molecular formula is C16H19ClN2O2. The van der Waals surface area contributed by atoms with Crippen LogP contribution in [0.1, 0.15) is 18.4 Å². The second-order valence-corrected chi connectivity index (χ2v) is 5.37. The monoisotopic (exact) mass is 306 g/mol. The third-order valence-electron chi connectivity index (χ3n) is 3.99. The first-order valence-electron chi connectivity index (χ1n) is 7.09. The zero-order chi connectivity index (χ0) is 13.9. The van der Waals surface area contributed by atoms with Crippen molar-refractivity contribution in [1.29, 1.82) is 0 Å². The molecule has 0 atom stereocenters. The fourth-order valence-corrected chi connectivity index (χ4v) is 2.83. The van der Waals surface area contributed by atoms with Gasteiger partial charge in [0.1, 0.15) is 0 Å². The summed E-state index contributed by atoms with van der Waals surface area (Å²) in [5.74, 6) is 0.0970. The molecule has 2 aliphatic heterocycles. The van der Waals surface area contributed by atoms with Crippen LogP contribution in [0.3, 0.4) is 0 Å². The highest BCUT2D eigenvalue weighted by Crippen LogP contribution is 2.25. The van der Waals surface area contributed by atoms with Crippen molar-refractivity contribution in [3.05, 3.63) is 42.0 Å². The standard InChI is InChI=1S/C16H18N2O2.ClH/c19-15-10-14(13-4-2-1-3-5-13)16(20)18(15)11-12-6-8-17-9-7-12;/h1-5,10,12,17H,6-9,11H2;1H. The Morgan fingerprint density at radius 1 is 1.10 bits per heavy atom. The Bertz CT molecular complexity index is 551. The number of imide groups is 1. The van der Waals surface area contributed by atoms with E-state index in [1.54, 1.807) is 0 Å². The lowest BCUT2D eigenvalue weighted by molar-refractivity contribution is -0.137. The molecule has 5 heteroatoms. The lowest BCUT2D eigenvalue weighted by Crippen LogP contribution is -2.39. The Kier molecular flexibility index (Phi) is 5.15. The van der Waals surface area contributed by atoms with Crippen molar-refractivity contribution in [2.75, 3.05) is 19.6 Å². The van der Waals surface area contributed by atoms with Crippen LogP contribution in [0, 0.1) is 5.92 Å². The van der Waals surface area contributed by atoms with Gasteiger partial charge in [0.05, 0.1) is 5.57 Å². The molecule has 4 nitrogen and oxygen atoms in total. The van der Waals surface area contributed by atoms with Crippen LogP contribution >= 0.6 is 12.4 Å². The van der Waals surface area contributed by atoms with Crippen molar-refractivity contribution in [3.63, 3.8) is 0 Å². The number of benzene rings is 1. The number of piperidine rings is 1. The minimum absolute atomic E-state index is 0. The largest absolute Gasteiger partial charge is 0.317 e. The van der Waals surface area contributed by atoms with Crippen LogP contribution in [-0.2, 0) is 9.59 Å². The fourth-order valence-electron chi connectivity index (χ4n) is 2.83. The number of hydrogen-bond acceptors (Lipinski definition) is 3. The minimum Gasteiger partial charge on any atom is -0.317 e. The number of carbonyl (C=O) groups is 2. The predicted octanol–water partition coefficient (Wildman–Crippen LogP) is 1.86. The topological polar surface area (TPSA) is 49.4 Å². The third kappa shape index (κ3) is 3.34. The molecule has 3 rings (SSSR count). The van der Waals surface area contributed by atoms with Crippen molar-refractivity contribution >= 4 is 29.8 Å². The predicted molar refractivity (Wildman–Crippen MR) is 84.0 cm³/mol. The zero-order valence-corrected chi connectivity index (χ0v) is 12.6. The molecule has 0 unspecified atom stereocenters. The molecule has 21 heavy (non-hydrogen) atoms. The van der Waals surface area contributed by atoms with Gasteiger partial charge in [-0.25, -0.2) is 0 Å². The summed E-state index contributed by atoms with van der Waals surface area (Å²) < 4.78 is 0. The normalized spacial score (nSPS) is 19.4. The molecule has 2 heterocycles. The summed E-state index contributed by atoms with van der Waals surface area (Å²) in [7, 11) is 0. The van der Waals surface area contributed by atoms with Crippen LogP contribution in [-0.4, -0.2) is 36.3 Å². The van der Waals surface area contributed by atoms with E-state index in [1.165, 1.54) is 11.0 Å². The first kappa shape index (κ1) is 15.7. The van der Waals surface area contributed by atoms with E-state index in [4.69, 9.17) is 0 Å². The Morgan fingerprint density at radius 3 is 2.43 bits per heavy atom. The van der Waals surface area contributed by atoms with Gasteiger partial charge in [-0.05, 0) is 37.4 Å². The molecule has 0 bridgehead atoms. The van der Waals surface area contributed by atoms with E-state index in [0.29, 0.717) is 18.0 Å². The van der Waals surface area contributed by atoms with Crippen LogP contribution in [0.5, 0.6) is 0 Å². The van der Waals surface area contributed by atoms with Gasteiger partial charge in [-0.3, -0.25) is 14.5 Å². The summed E-state index contributed by atoms with van der Waals surface area (Å²) in [5, 5.41) is 3.30. The molecule has 2 aliphatic rings. The Balaban J connectivity index is 0.00000161.